The third kappa shape index (κ3) is 7.20. The minimum absolute atomic E-state index is 0. The van der Waals surface area contributed by atoms with Crippen molar-refractivity contribution in [1.29, 1.82) is 0 Å². The van der Waals surface area contributed by atoms with E-state index in [1.165, 1.54) is 0 Å². The molecule has 4 aliphatic heterocycles. The summed E-state index contributed by atoms with van der Waals surface area (Å²) in [4.78, 5) is 33.8. The van der Waals surface area contributed by atoms with E-state index in [-0.39, 0.29) is 32.8 Å². The zero-order valence-electron chi connectivity index (χ0n) is 25.8. The Morgan fingerprint density at radius 3 is 1.88 bits per heavy atom. The fraction of sp³-hybridized carbons (Fsp3) is 0.216. The molecule has 4 aromatic carbocycles. The van der Waals surface area contributed by atoms with Gasteiger partial charge in [-0.25, -0.2) is 0 Å². The lowest BCUT2D eigenvalue weighted by atomic mass is 10.0. The maximum absolute atomic E-state index is 12.3. The molecule has 0 bridgehead atoms. The van der Waals surface area contributed by atoms with Crippen LogP contribution >= 0.6 is 0 Å². The van der Waals surface area contributed by atoms with E-state index in [4.69, 9.17) is 28.4 Å². The highest BCUT2D eigenvalue weighted by Gasteiger charge is 2.29. The number of nitrogens with one attached hydrogen (secondary N) is 2. The van der Waals surface area contributed by atoms with Crippen LogP contribution in [-0.4, -0.2) is 44.9 Å². The third-order valence-electron chi connectivity index (χ3n) is 7.38. The molecule has 11 nitrogen and oxygen atoms in total. The van der Waals surface area contributed by atoms with Crippen LogP contribution in [0.4, 0.5) is 11.4 Å². The molecule has 0 radical (unpaired) electrons. The molecular weight excluding hydrogens is 616 g/mol. The van der Waals surface area contributed by atoms with Crippen molar-refractivity contribution in [2.45, 2.75) is 27.7 Å². The third-order valence-corrected chi connectivity index (χ3v) is 7.38. The number of aldehydes is 1. The fourth-order valence-electron chi connectivity index (χ4n) is 5.24. The first-order chi connectivity index (χ1) is 23.0. The monoisotopic (exact) mass is 652 g/mol. The maximum atomic E-state index is 12.3. The molecule has 0 unspecified atom stereocenters. The summed E-state index contributed by atoms with van der Waals surface area (Å²) in [5.74, 6) is 4.05. The number of amides is 2. The van der Waals surface area contributed by atoms with Gasteiger partial charge in [0, 0.05) is 34.5 Å². The maximum Gasteiger partial charge on any atom is 0.256 e. The van der Waals surface area contributed by atoms with E-state index in [0.717, 1.165) is 45.9 Å². The molecule has 0 saturated heterocycles. The number of rotatable bonds is 6. The largest absolute Gasteiger partial charge is 0.493 e. The second kappa shape index (κ2) is 15.1. The van der Waals surface area contributed by atoms with Gasteiger partial charge in [0.25, 0.3) is 5.91 Å². The van der Waals surface area contributed by atoms with E-state index in [2.05, 4.69) is 10.6 Å². The molecule has 248 valence electrons. The minimum Gasteiger partial charge on any atom is -0.493 e. The molecule has 2 amide bonds. The van der Waals surface area contributed by atoms with E-state index in [9.17, 15) is 14.4 Å². The van der Waals surface area contributed by atoms with Crippen LogP contribution in [0, 0.1) is 0 Å². The Hall–Kier alpha value is -5.97. The lowest BCUT2D eigenvalue weighted by Crippen LogP contribution is -2.04. The number of ether oxygens (including phenoxy) is 6. The smallest absolute Gasteiger partial charge is 0.256 e. The van der Waals surface area contributed by atoms with Gasteiger partial charge in [-0.05, 0) is 55.8 Å². The van der Waals surface area contributed by atoms with Crippen molar-refractivity contribution in [3.8, 4) is 34.5 Å². The lowest BCUT2D eigenvalue weighted by Gasteiger charge is -2.07. The number of anilines is 2. The summed E-state index contributed by atoms with van der Waals surface area (Å²) in [5.41, 5.74) is 5.43. The van der Waals surface area contributed by atoms with Crippen molar-refractivity contribution in [2.24, 2.45) is 0 Å². The van der Waals surface area contributed by atoms with Crippen molar-refractivity contribution in [3.63, 3.8) is 0 Å². The highest BCUT2D eigenvalue weighted by Crippen LogP contribution is 2.43. The van der Waals surface area contributed by atoms with Crippen molar-refractivity contribution in [3.05, 3.63) is 95.1 Å². The minimum atomic E-state index is -0.144. The van der Waals surface area contributed by atoms with Gasteiger partial charge in [0.1, 0.15) is 11.5 Å². The molecule has 0 aliphatic carbocycles. The number of carbonyl (C=O) groups is 3. The molecular formula is C37H36N2O9. The molecule has 4 aliphatic rings. The molecule has 0 aromatic heterocycles. The number of carbonyl (C=O) groups excluding carboxylic acids is 3. The molecule has 0 spiro atoms. The topological polar surface area (TPSA) is 131 Å². The Morgan fingerprint density at radius 2 is 1.25 bits per heavy atom. The van der Waals surface area contributed by atoms with Gasteiger partial charge in [-0.1, -0.05) is 37.8 Å². The summed E-state index contributed by atoms with van der Waals surface area (Å²) in [6, 6.07) is 22.1. The number of fused-ring (bicyclic) bond motifs is 4. The van der Waals surface area contributed by atoms with Crippen molar-refractivity contribution in [2.75, 3.05) is 37.4 Å². The highest BCUT2D eigenvalue weighted by molar-refractivity contribution is 6.35. The average Bonchev–Trinajstić information content (AvgIpc) is 3.87. The quantitative estimate of drug-likeness (QED) is 0.172. The second-order valence-electron chi connectivity index (χ2n) is 10.4. The predicted molar refractivity (Wildman–Crippen MR) is 181 cm³/mol. The van der Waals surface area contributed by atoms with Gasteiger partial charge in [0.05, 0.1) is 30.9 Å². The van der Waals surface area contributed by atoms with Crippen LogP contribution in [0.25, 0.3) is 11.6 Å². The Morgan fingerprint density at radius 1 is 0.708 bits per heavy atom. The van der Waals surface area contributed by atoms with Crippen LogP contribution < -0.4 is 39.1 Å². The lowest BCUT2D eigenvalue weighted by molar-refractivity contribution is -0.115. The first-order valence-electron chi connectivity index (χ1n) is 15.1. The molecule has 0 saturated carbocycles. The highest BCUT2D eigenvalue weighted by atomic mass is 16.7. The van der Waals surface area contributed by atoms with Gasteiger partial charge in [0.15, 0.2) is 29.3 Å². The van der Waals surface area contributed by atoms with Gasteiger partial charge in [0.2, 0.25) is 19.5 Å². The van der Waals surface area contributed by atoms with Crippen LogP contribution in [0.2, 0.25) is 0 Å². The summed E-state index contributed by atoms with van der Waals surface area (Å²) in [7, 11) is 0. The summed E-state index contributed by atoms with van der Waals surface area (Å²) < 4.78 is 32.0. The van der Waals surface area contributed by atoms with Crippen LogP contribution in [0.5, 0.6) is 34.5 Å². The number of para-hydroxylation sites is 2. The van der Waals surface area contributed by atoms with E-state index >= 15 is 0 Å². The summed E-state index contributed by atoms with van der Waals surface area (Å²) in [5, 5.41) is 5.62. The Balaban J connectivity index is 0.000000153. The van der Waals surface area contributed by atoms with E-state index < -0.39 is 0 Å². The molecule has 0 fully saturated rings. The zero-order valence-corrected chi connectivity index (χ0v) is 25.8. The van der Waals surface area contributed by atoms with E-state index in [1.807, 2.05) is 74.5 Å². The van der Waals surface area contributed by atoms with Crippen molar-refractivity contribution < 1.29 is 42.8 Å². The Bertz CT molecular complexity index is 1830. The summed E-state index contributed by atoms with van der Waals surface area (Å²) >= 11 is 0. The molecule has 4 aromatic rings. The Kier molecular flexibility index (Phi) is 10.5. The summed E-state index contributed by atoms with van der Waals surface area (Å²) in [6.07, 6.45) is 3.07. The van der Waals surface area contributed by atoms with Crippen LogP contribution in [-0.2, 0) is 16.0 Å². The SMILES string of the molecule is C.CCOc1ccccc1/C=C1/C(=O)Nc2cc3c(cc21)OCO3.CCOc1ccccc1C=O.O=C1Cc2cc3c(cc2N1)OCO3. The second-order valence-corrected chi connectivity index (χ2v) is 10.4. The fourth-order valence-corrected chi connectivity index (χ4v) is 5.24. The molecule has 0 atom stereocenters. The number of hydrogen-bond donors (Lipinski definition) is 2. The zero-order chi connectivity index (χ0) is 32.8. The van der Waals surface area contributed by atoms with Gasteiger partial charge in [-0.3, -0.25) is 14.4 Å². The van der Waals surface area contributed by atoms with E-state index in [0.29, 0.717) is 53.8 Å². The van der Waals surface area contributed by atoms with Crippen LogP contribution in [0.1, 0.15) is 48.3 Å². The van der Waals surface area contributed by atoms with Gasteiger partial charge in [-0.15, -0.1) is 0 Å². The predicted octanol–water partition coefficient (Wildman–Crippen LogP) is 6.75. The van der Waals surface area contributed by atoms with Gasteiger partial charge >= 0.3 is 0 Å². The standard InChI is InChI=1S/C18H15NO4.C9H7NO3.C9H10O2.CH4/c1-2-21-15-6-4-3-5-11(15)7-13-12-8-16-17(23-10-22-16)9-14(12)19-18(13)20;11-9-2-5-1-7-8(13-4-12-7)3-6(5)10-9;1-2-11-9-6-4-3-5-8(9)7-10;/h3-9H,2,10H2,1H3,(H,19,20);1,3H,2,4H2,(H,10,11);3-7H,2H2,1H3;1H4/b13-7+;;;. The number of hydrogen-bond acceptors (Lipinski definition) is 9. The average molecular weight is 653 g/mol. The van der Waals surface area contributed by atoms with Crippen LogP contribution in [0.3, 0.4) is 0 Å². The number of benzene rings is 4. The van der Waals surface area contributed by atoms with Crippen molar-refractivity contribution >= 4 is 41.1 Å². The molecule has 48 heavy (non-hydrogen) atoms. The normalized spacial score (nSPS) is 14.6. The molecule has 2 N–H and O–H groups in total. The van der Waals surface area contributed by atoms with E-state index in [1.54, 1.807) is 18.2 Å². The Labute approximate surface area is 278 Å². The van der Waals surface area contributed by atoms with Crippen LogP contribution in [0.15, 0.2) is 72.8 Å². The van der Waals surface area contributed by atoms with Gasteiger partial charge < -0.3 is 39.1 Å². The first-order valence-corrected chi connectivity index (χ1v) is 15.1. The molecule has 4 heterocycles. The molecule has 11 heteroatoms. The van der Waals surface area contributed by atoms with Crippen molar-refractivity contribution in [1.82, 2.24) is 0 Å². The summed E-state index contributed by atoms with van der Waals surface area (Å²) in [6.45, 7) is 5.46. The van der Waals surface area contributed by atoms with Gasteiger partial charge in [-0.2, -0.15) is 0 Å². The molecule has 8 rings (SSSR count). The first kappa shape index (κ1) is 33.4.